The summed E-state index contributed by atoms with van der Waals surface area (Å²) in [6, 6.07) is 18.3. The van der Waals surface area contributed by atoms with Crippen LogP contribution >= 0.6 is 0 Å². The van der Waals surface area contributed by atoms with Crippen LogP contribution in [0.3, 0.4) is 0 Å². The molecule has 1 aliphatic heterocycles. The van der Waals surface area contributed by atoms with E-state index in [9.17, 15) is 13.2 Å². The number of aromatic nitrogens is 2. The molecule has 0 radical (unpaired) electrons. The van der Waals surface area contributed by atoms with Gasteiger partial charge < -0.3 is 4.57 Å². The van der Waals surface area contributed by atoms with Gasteiger partial charge in [-0.2, -0.15) is 13.2 Å². The van der Waals surface area contributed by atoms with Gasteiger partial charge >= 0.3 is 6.18 Å². The monoisotopic (exact) mass is 449 g/mol. The van der Waals surface area contributed by atoms with Gasteiger partial charge in [0.1, 0.15) is 0 Å². The lowest BCUT2D eigenvalue weighted by atomic mass is 10.0. The van der Waals surface area contributed by atoms with Crippen LogP contribution in [-0.2, 0) is 26.2 Å². The van der Waals surface area contributed by atoms with E-state index in [1.165, 1.54) is 28.6 Å². The number of pyridine rings is 1. The zero-order valence-corrected chi connectivity index (χ0v) is 18.5. The van der Waals surface area contributed by atoms with Crippen molar-refractivity contribution < 1.29 is 13.2 Å². The van der Waals surface area contributed by atoms with E-state index in [1.54, 1.807) is 6.07 Å². The Labute approximate surface area is 191 Å². The molecule has 1 aliphatic rings. The van der Waals surface area contributed by atoms with Crippen LogP contribution < -0.4 is 0 Å². The summed E-state index contributed by atoms with van der Waals surface area (Å²) in [5.41, 5.74) is 4.52. The Morgan fingerprint density at radius 1 is 1.00 bits per heavy atom. The minimum atomic E-state index is -4.33. The predicted octanol–water partition coefficient (Wildman–Crippen LogP) is 6.52. The quantitative estimate of drug-likeness (QED) is 0.346. The molecule has 0 N–H and O–H groups in total. The highest BCUT2D eigenvalue weighted by Crippen LogP contribution is 2.34. The molecular formula is C27H26F3N3. The van der Waals surface area contributed by atoms with Gasteiger partial charge in [0.25, 0.3) is 0 Å². The van der Waals surface area contributed by atoms with Crippen LogP contribution in [-0.4, -0.2) is 21.0 Å². The number of para-hydroxylation sites is 1. The summed E-state index contributed by atoms with van der Waals surface area (Å²) in [7, 11) is 2.08. The first-order valence-electron chi connectivity index (χ1n) is 11.3. The van der Waals surface area contributed by atoms with E-state index in [0.29, 0.717) is 12.0 Å². The van der Waals surface area contributed by atoms with Crippen molar-refractivity contribution >= 4 is 10.9 Å². The number of likely N-dealkylation sites (tertiary alicyclic amines) is 1. The third-order valence-corrected chi connectivity index (χ3v) is 6.57. The molecule has 1 fully saturated rings. The summed E-state index contributed by atoms with van der Waals surface area (Å²) < 4.78 is 41.2. The van der Waals surface area contributed by atoms with Crippen molar-refractivity contribution in [2.45, 2.75) is 38.0 Å². The average molecular weight is 450 g/mol. The first-order valence-corrected chi connectivity index (χ1v) is 11.3. The van der Waals surface area contributed by atoms with Gasteiger partial charge in [-0.3, -0.25) is 9.88 Å². The van der Waals surface area contributed by atoms with E-state index >= 15 is 0 Å². The highest BCUT2D eigenvalue weighted by atomic mass is 19.4. The smallest absolute Gasteiger partial charge is 0.350 e. The average Bonchev–Trinajstić information content (AvgIpc) is 3.39. The maximum atomic E-state index is 13.0. The SMILES string of the molecule is Cn1cc(CN2CCC[C@@H]2c2ccc(Cc3cccc(C(F)(F)F)c3)cn2)c2ccccc21. The molecule has 0 saturated carbocycles. The number of hydrogen-bond acceptors (Lipinski definition) is 2. The van der Waals surface area contributed by atoms with Gasteiger partial charge in [0, 0.05) is 36.9 Å². The van der Waals surface area contributed by atoms with Crippen LogP contribution in [0.5, 0.6) is 0 Å². The highest BCUT2D eigenvalue weighted by molar-refractivity contribution is 5.83. The van der Waals surface area contributed by atoms with Crippen molar-refractivity contribution in [1.29, 1.82) is 0 Å². The second-order valence-corrected chi connectivity index (χ2v) is 8.88. The second kappa shape index (κ2) is 8.67. The zero-order valence-electron chi connectivity index (χ0n) is 18.5. The Kier molecular flexibility index (Phi) is 5.71. The summed E-state index contributed by atoms with van der Waals surface area (Å²) in [5, 5.41) is 1.29. The molecule has 2 aromatic carbocycles. The fraction of sp³-hybridized carbons (Fsp3) is 0.296. The van der Waals surface area contributed by atoms with Crippen molar-refractivity contribution in [3.63, 3.8) is 0 Å². The fourth-order valence-corrected chi connectivity index (χ4v) is 4.95. The Morgan fingerprint density at radius 3 is 2.64 bits per heavy atom. The number of fused-ring (bicyclic) bond motifs is 1. The van der Waals surface area contributed by atoms with Gasteiger partial charge in [-0.15, -0.1) is 0 Å². The van der Waals surface area contributed by atoms with Crippen LogP contribution in [0.15, 0.2) is 73.1 Å². The molecule has 170 valence electrons. The van der Waals surface area contributed by atoms with Gasteiger partial charge in [0.2, 0.25) is 0 Å². The van der Waals surface area contributed by atoms with Crippen LogP contribution in [0.2, 0.25) is 0 Å². The first kappa shape index (κ1) is 21.7. The number of halogens is 3. The minimum Gasteiger partial charge on any atom is -0.350 e. The van der Waals surface area contributed by atoms with Crippen LogP contribution in [0.4, 0.5) is 13.2 Å². The van der Waals surface area contributed by atoms with Crippen LogP contribution in [0.1, 0.15) is 46.8 Å². The highest BCUT2D eigenvalue weighted by Gasteiger charge is 2.30. The lowest BCUT2D eigenvalue weighted by Crippen LogP contribution is -2.23. The normalized spacial score (nSPS) is 17.2. The van der Waals surface area contributed by atoms with E-state index < -0.39 is 11.7 Å². The summed E-state index contributed by atoms with van der Waals surface area (Å²) >= 11 is 0. The molecule has 1 atom stereocenters. The maximum absolute atomic E-state index is 13.0. The van der Waals surface area contributed by atoms with E-state index in [-0.39, 0.29) is 6.04 Å². The molecule has 0 amide bonds. The summed E-state index contributed by atoms with van der Waals surface area (Å²) in [5.74, 6) is 0. The van der Waals surface area contributed by atoms with Gasteiger partial charge in [-0.1, -0.05) is 42.5 Å². The molecule has 3 nitrogen and oxygen atoms in total. The second-order valence-electron chi connectivity index (χ2n) is 8.88. The van der Waals surface area contributed by atoms with Gasteiger partial charge in [0.15, 0.2) is 0 Å². The number of hydrogen-bond donors (Lipinski definition) is 0. The topological polar surface area (TPSA) is 21.1 Å². The third-order valence-electron chi connectivity index (χ3n) is 6.57. The van der Waals surface area contributed by atoms with E-state index in [0.717, 1.165) is 43.3 Å². The molecule has 2 aromatic heterocycles. The minimum absolute atomic E-state index is 0.256. The molecule has 5 rings (SSSR count). The van der Waals surface area contributed by atoms with Crippen molar-refractivity contribution in [3.8, 4) is 0 Å². The Morgan fingerprint density at radius 2 is 1.85 bits per heavy atom. The van der Waals surface area contributed by atoms with Gasteiger partial charge in [0.05, 0.1) is 17.3 Å². The van der Waals surface area contributed by atoms with Gasteiger partial charge in [-0.25, -0.2) is 0 Å². The number of alkyl halides is 3. The molecule has 0 aliphatic carbocycles. The Bertz CT molecular complexity index is 1260. The molecule has 0 bridgehead atoms. The fourth-order valence-electron chi connectivity index (χ4n) is 4.95. The van der Waals surface area contributed by atoms with Crippen molar-refractivity contribution in [2.75, 3.05) is 6.54 Å². The molecule has 0 unspecified atom stereocenters. The van der Waals surface area contributed by atoms with Crippen LogP contribution in [0, 0.1) is 0 Å². The van der Waals surface area contributed by atoms with Crippen molar-refractivity contribution in [3.05, 3.63) is 101 Å². The molecule has 33 heavy (non-hydrogen) atoms. The summed E-state index contributed by atoms with van der Waals surface area (Å²) in [4.78, 5) is 7.20. The Balaban J connectivity index is 1.31. The third kappa shape index (κ3) is 4.53. The summed E-state index contributed by atoms with van der Waals surface area (Å²) in [6.45, 7) is 1.90. The molecule has 6 heteroatoms. The lowest BCUT2D eigenvalue weighted by molar-refractivity contribution is -0.137. The lowest BCUT2D eigenvalue weighted by Gasteiger charge is -2.24. The summed E-state index contributed by atoms with van der Waals surface area (Å²) in [6.07, 6.45) is 2.32. The van der Waals surface area contributed by atoms with E-state index in [2.05, 4.69) is 47.0 Å². The van der Waals surface area contributed by atoms with Crippen LogP contribution in [0.25, 0.3) is 10.9 Å². The largest absolute Gasteiger partial charge is 0.416 e. The molecular weight excluding hydrogens is 423 g/mol. The number of aryl methyl sites for hydroxylation is 1. The first-order chi connectivity index (χ1) is 15.9. The van der Waals surface area contributed by atoms with Crippen molar-refractivity contribution in [1.82, 2.24) is 14.5 Å². The molecule has 3 heterocycles. The molecule has 0 spiro atoms. The van der Waals surface area contributed by atoms with E-state index in [1.807, 2.05) is 18.3 Å². The van der Waals surface area contributed by atoms with E-state index in [4.69, 9.17) is 4.98 Å². The Hall–Kier alpha value is -3.12. The number of benzene rings is 2. The number of rotatable bonds is 5. The zero-order chi connectivity index (χ0) is 23.0. The van der Waals surface area contributed by atoms with Gasteiger partial charge in [-0.05, 0) is 60.7 Å². The maximum Gasteiger partial charge on any atom is 0.416 e. The standard InChI is InChI=1S/C27H26F3N3/c1-32-17-21(23-8-2-3-9-25(23)32)18-33-13-5-10-26(33)24-12-11-20(16-31-24)14-19-6-4-7-22(15-19)27(28,29)30/h2-4,6-9,11-12,15-17,26H,5,10,13-14,18H2,1H3/t26-/m1/s1. The number of nitrogens with zero attached hydrogens (tertiary/aromatic N) is 3. The molecule has 4 aromatic rings. The predicted molar refractivity (Wildman–Crippen MR) is 124 cm³/mol. The molecule has 1 saturated heterocycles. The van der Waals surface area contributed by atoms with Crippen molar-refractivity contribution in [2.24, 2.45) is 7.05 Å².